The van der Waals surface area contributed by atoms with E-state index in [2.05, 4.69) is 15.3 Å². The fourth-order valence-corrected chi connectivity index (χ4v) is 2.86. The maximum absolute atomic E-state index is 12.0. The SMILES string of the molecule is CC.COc1cccc(C2=NCC(=O)Nc3c2[nH]c2ccccc32)c1. The average molecular weight is 335 g/mol. The van der Waals surface area contributed by atoms with Crippen molar-refractivity contribution < 1.29 is 9.53 Å². The molecule has 0 aliphatic carbocycles. The minimum Gasteiger partial charge on any atom is -0.497 e. The van der Waals surface area contributed by atoms with Gasteiger partial charge in [-0.1, -0.05) is 44.2 Å². The molecule has 2 N–H and O–H groups in total. The molecule has 1 amide bonds. The Bertz CT molecular complexity index is 941. The number of methoxy groups -OCH3 is 1. The Balaban J connectivity index is 0.000000880. The molecule has 0 unspecified atom stereocenters. The Hall–Kier alpha value is -3.08. The van der Waals surface area contributed by atoms with Gasteiger partial charge in [-0.2, -0.15) is 0 Å². The molecule has 5 heteroatoms. The summed E-state index contributed by atoms with van der Waals surface area (Å²) in [6, 6.07) is 15.6. The minimum absolute atomic E-state index is 0.101. The molecular weight excluding hydrogens is 314 g/mol. The van der Waals surface area contributed by atoms with Crippen LogP contribution in [-0.4, -0.2) is 30.3 Å². The van der Waals surface area contributed by atoms with E-state index in [4.69, 9.17) is 4.74 Å². The van der Waals surface area contributed by atoms with Crippen molar-refractivity contribution >= 4 is 28.2 Å². The predicted molar refractivity (Wildman–Crippen MR) is 102 cm³/mol. The van der Waals surface area contributed by atoms with Crippen molar-refractivity contribution in [3.8, 4) is 5.75 Å². The maximum atomic E-state index is 12.0. The minimum atomic E-state index is -0.117. The Labute approximate surface area is 146 Å². The van der Waals surface area contributed by atoms with E-state index in [1.165, 1.54) is 0 Å². The largest absolute Gasteiger partial charge is 0.497 e. The molecule has 1 aromatic heterocycles. The molecule has 0 saturated heterocycles. The number of H-pyrrole nitrogens is 1. The van der Waals surface area contributed by atoms with Gasteiger partial charge in [0.15, 0.2) is 0 Å². The number of aromatic nitrogens is 1. The molecule has 2 heterocycles. The van der Waals surface area contributed by atoms with E-state index in [0.717, 1.165) is 39.3 Å². The number of aliphatic imine (C=N–C) groups is 1. The third-order valence-corrected chi connectivity index (χ3v) is 3.93. The number of hydrogen-bond acceptors (Lipinski definition) is 3. The molecule has 0 fully saturated rings. The summed E-state index contributed by atoms with van der Waals surface area (Å²) in [7, 11) is 1.63. The van der Waals surface area contributed by atoms with Crippen LogP contribution in [0.2, 0.25) is 0 Å². The van der Waals surface area contributed by atoms with E-state index < -0.39 is 0 Å². The van der Waals surface area contributed by atoms with Gasteiger partial charge >= 0.3 is 0 Å². The number of hydrogen-bond donors (Lipinski definition) is 2. The summed E-state index contributed by atoms with van der Waals surface area (Å²) in [6.07, 6.45) is 0. The highest BCUT2D eigenvalue weighted by Crippen LogP contribution is 2.31. The predicted octanol–water partition coefficient (Wildman–Crippen LogP) is 3.99. The third-order valence-electron chi connectivity index (χ3n) is 3.93. The van der Waals surface area contributed by atoms with Gasteiger partial charge in [-0.3, -0.25) is 9.79 Å². The van der Waals surface area contributed by atoms with Crippen molar-refractivity contribution in [1.82, 2.24) is 4.98 Å². The van der Waals surface area contributed by atoms with Crippen molar-refractivity contribution in [2.45, 2.75) is 13.8 Å². The molecule has 0 bridgehead atoms. The quantitative estimate of drug-likeness (QED) is 0.743. The highest BCUT2D eigenvalue weighted by molar-refractivity contribution is 6.22. The molecule has 2 aromatic carbocycles. The van der Waals surface area contributed by atoms with Crippen molar-refractivity contribution in [2.24, 2.45) is 4.99 Å². The van der Waals surface area contributed by atoms with Crippen LogP contribution in [0.25, 0.3) is 10.9 Å². The lowest BCUT2D eigenvalue weighted by Gasteiger charge is -2.07. The highest BCUT2D eigenvalue weighted by Gasteiger charge is 2.22. The number of nitrogens with zero attached hydrogens (tertiary/aromatic N) is 1. The van der Waals surface area contributed by atoms with Crippen LogP contribution in [0.3, 0.4) is 0 Å². The topological polar surface area (TPSA) is 66.5 Å². The van der Waals surface area contributed by atoms with E-state index in [0.29, 0.717) is 0 Å². The normalized spacial score (nSPS) is 13.1. The molecule has 4 rings (SSSR count). The molecule has 128 valence electrons. The molecule has 0 spiro atoms. The fourth-order valence-electron chi connectivity index (χ4n) is 2.86. The van der Waals surface area contributed by atoms with Crippen molar-refractivity contribution in [3.05, 3.63) is 59.8 Å². The van der Waals surface area contributed by atoms with Crippen LogP contribution in [0.4, 0.5) is 5.69 Å². The monoisotopic (exact) mass is 335 g/mol. The molecule has 5 nitrogen and oxygen atoms in total. The summed E-state index contributed by atoms with van der Waals surface area (Å²) in [5, 5.41) is 3.94. The molecule has 3 aromatic rings. The zero-order chi connectivity index (χ0) is 17.8. The molecule has 1 aliphatic heterocycles. The molecule has 1 aliphatic rings. The van der Waals surface area contributed by atoms with Crippen LogP contribution < -0.4 is 10.1 Å². The first kappa shape index (κ1) is 16.8. The number of ether oxygens (including phenoxy) is 1. The Kier molecular flexibility index (Phi) is 4.84. The van der Waals surface area contributed by atoms with Crippen LogP contribution in [0.1, 0.15) is 25.1 Å². The lowest BCUT2D eigenvalue weighted by Crippen LogP contribution is -2.13. The summed E-state index contributed by atoms with van der Waals surface area (Å²) in [5.74, 6) is 0.639. The lowest BCUT2D eigenvalue weighted by molar-refractivity contribution is -0.114. The van der Waals surface area contributed by atoms with Gasteiger partial charge in [0.2, 0.25) is 5.91 Å². The first-order chi connectivity index (χ1) is 12.3. The number of nitrogens with one attached hydrogen (secondary N) is 2. The van der Waals surface area contributed by atoms with Crippen LogP contribution in [0, 0.1) is 0 Å². The summed E-state index contributed by atoms with van der Waals surface area (Å²) >= 11 is 0. The number of carbonyl (C=O) groups excluding carboxylic acids is 1. The van der Waals surface area contributed by atoms with Crippen molar-refractivity contribution in [3.63, 3.8) is 0 Å². The number of anilines is 1. The molecular formula is C20H21N3O2. The van der Waals surface area contributed by atoms with Crippen molar-refractivity contribution in [1.29, 1.82) is 0 Å². The van der Waals surface area contributed by atoms with E-state index in [1.54, 1.807) is 7.11 Å². The first-order valence-corrected chi connectivity index (χ1v) is 8.36. The van der Waals surface area contributed by atoms with Gasteiger partial charge in [0, 0.05) is 16.5 Å². The summed E-state index contributed by atoms with van der Waals surface area (Å²) < 4.78 is 5.30. The second kappa shape index (κ2) is 7.21. The number of amides is 1. The van der Waals surface area contributed by atoms with Gasteiger partial charge < -0.3 is 15.0 Å². The summed E-state index contributed by atoms with van der Waals surface area (Å²) in [4.78, 5) is 19.9. The Morgan fingerprint density at radius 2 is 1.88 bits per heavy atom. The third kappa shape index (κ3) is 3.13. The average Bonchev–Trinajstić information content (AvgIpc) is 2.93. The van der Waals surface area contributed by atoms with Crippen LogP contribution in [-0.2, 0) is 4.79 Å². The van der Waals surface area contributed by atoms with Gasteiger partial charge in [-0.15, -0.1) is 0 Å². The van der Waals surface area contributed by atoms with E-state index >= 15 is 0 Å². The fraction of sp³-hybridized carbons (Fsp3) is 0.200. The summed E-state index contributed by atoms with van der Waals surface area (Å²) in [5.41, 5.74) is 4.24. The molecule has 25 heavy (non-hydrogen) atoms. The number of para-hydroxylation sites is 1. The Morgan fingerprint density at radius 3 is 2.68 bits per heavy atom. The highest BCUT2D eigenvalue weighted by atomic mass is 16.5. The smallest absolute Gasteiger partial charge is 0.246 e. The molecule has 0 atom stereocenters. The second-order valence-corrected chi connectivity index (χ2v) is 5.37. The molecule has 0 radical (unpaired) electrons. The second-order valence-electron chi connectivity index (χ2n) is 5.37. The van der Waals surface area contributed by atoms with Crippen molar-refractivity contribution in [2.75, 3.05) is 19.0 Å². The summed E-state index contributed by atoms with van der Waals surface area (Å²) in [6.45, 7) is 4.10. The Morgan fingerprint density at radius 1 is 1.08 bits per heavy atom. The van der Waals surface area contributed by atoms with Gasteiger partial charge in [0.25, 0.3) is 0 Å². The van der Waals surface area contributed by atoms with Gasteiger partial charge in [0.05, 0.1) is 24.2 Å². The van der Waals surface area contributed by atoms with E-state index in [-0.39, 0.29) is 12.5 Å². The number of carbonyl (C=O) groups is 1. The maximum Gasteiger partial charge on any atom is 0.246 e. The molecule has 0 saturated carbocycles. The van der Waals surface area contributed by atoms with Gasteiger partial charge in [0.1, 0.15) is 12.3 Å². The number of fused-ring (bicyclic) bond motifs is 3. The first-order valence-electron chi connectivity index (χ1n) is 8.36. The number of aromatic amines is 1. The number of benzene rings is 2. The van der Waals surface area contributed by atoms with Gasteiger partial charge in [-0.05, 0) is 18.2 Å². The van der Waals surface area contributed by atoms with Gasteiger partial charge in [-0.25, -0.2) is 0 Å². The van der Waals surface area contributed by atoms with Crippen LogP contribution in [0.5, 0.6) is 5.75 Å². The number of rotatable bonds is 2. The standard InChI is InChI=1S/C18H15N3O2.C2H6/c1-23-12-6-4-5-11(9-12)16-18-17(21-15(22)10-19-16)13-7-2-3-8-14(13)20-18;1-2/h2-9,20H,10H2,1H3,(H,21,22);1-2H3. The van der Waals surface area contributed by atoms with Crippen LogP contribution in [0.15, 0.2) is 53.5 Å². The van der Waals surface area contributed by atoms with E-state index in [9.17, 15) is 4.79 Å². The zero-order valence-electron chi connectivity index (χ0n) is 14.6. The van der Waals surface area contributed by atoms with E-state index in [1.807, 2.05) is 62.4 Å². The van der Waals surface area contributed by atoms with Crippen LogP contribution >= 0.6 is 0 Å². The lowest BCUT2D eigenvalue weighted by atomic mass is 10.1. The zero-order valence-corrected chi connectivity index (χ0v) is 14.6.